The number of hydrogen-bond acceptors (Lipinski definition) is 4. The number of benzene rings is 2. The van der Waals surface area contributed by atoms with Crippen molar-refractivity contribution >= 4 is 46.7 Å². The number of thioether (sulfide) groups is 2. The van der Waals surface area contributed by atoms with Crippen molar-refractivity contribution in [2.45, 2.75) is 22.0 Å². The lowest BCUT2D eigenvalue weighted by Gasteiger charge is -2.17. The van der Waals surface area contributed by atoms with E-state index in [-0.39, 0.29) is 18.2 Å². The topological polar surface area (TPSA) is 49.4 Å². The Morgan fingerprint density at radius 3 is 2.59 bits per heavy atom. The zero-order valence-electron chi connectivity index (χ0n) is 14.5. The summed E-state index contributed by atoms with van der Waals surface area (Å²) in [6, 6.07) is 13.9. The van der Waals surface area contributed by atoms with Gasteiger partial charge >= 0.3 is 0 Å². The minimum atomic E-state index is -2.48. The van der Waals surface area contributed by atoms with E-state index in [4.69, 9.17) is 0 Å². The Hall–Kier alpha value is -2.06. The molecule has 0 radical (unpaired) electrons. The highest BCUT2D eigenvalue weighted by Crippen LogP contribution is 2.29. The van der Waals surface area contributed by atoms with Gasteiger partial charge in [-0.25, -0.2) is 0 Å². The third-order valence-corrected chi connectivity index (χ3v) is 5.66. The van der Waals surface area contributed by atoms with Gasteiger partial charge in [0.25, 0.3) is 5.76 Å². The normalized spacial score (nSPS) is 16.8. The van der Waals surface area contributed by atoms with Gasteiger partial charge in [0.1, 0.15) is 0 Å². The Bertz CT molecular complexity index is 831. The van der Waals surface area contributed by atoms with Crippen molar-refractivity contribution in [2.75, 3.05) is 23.0 Å². The number of hydrogen-bond donors (Lipinski definition) is 1. The first-order chi connectivity index (χ1) is 13.0. The van der Waals surface area contributed by atoms with Gasteiger partial charge in [-0.05, 0) is 48.7 Å². The summed E-state index contributed by atoms with van der Waals surface area (Å²) in [4.78, 5) is 28.0. The molecule has 8 heteroatoms. The number of halogens is 2. The lowest BCUT2D eigenvalue weighted by atomic mass is 10.1. The third kappa shape index (κ3) is 5.01. The summed E-state index contributed by atoms with van der Waals surface area (Å²) >= 11 is 2.04. The highest BCUT2D eigenvalue weighted by atomic mass is 32.2. The molecule has 0 bridgehead atoms. The number of amides is 2. The van der Waals surface area contributed by atoms with Crippen LogP contribution in [0.3, 0.4) is 0 Å². The second kappa shape index (κ2) is 8.75. The fraction of sp³-hybridized carbons (Fsp3) is 0.263. The molecule has 1 atom stereocenters. The molecule has 1 N–H and O–H groups in total. The lowest BCUT2D eigenvalue weighted by Crippen LogP contribution is -2.28. The van der Waals surface area contributed by atoms with Crippen LogP contribution in [-0.4, -0.2) is 30.4 Å². The molecular weight excluding hydrogens is 390 g/mol. The maximum absolute atomic E-state index is 12.5. The van der Waals surface area contributed by atoms with E-state index in [0.717, 1.165) is 10.6 Å². The Morgan fingerprint density at radius 2 is 1.93 bits per heavy atom. The van der Waals surface area contributed by atoms with Gasteiger partial charge in [-0.15, -0.1) is 11.8 Å². The van der Waals surface area contributed by atoms with E-state index >= 15 is 0 Å². The minimum Gasteiger partial charge on any atom is -0.326 e. The van der Waals surface area contributed by atoms with Crippen molar-refractivity contribution in [3.8, 4) is 0 Å². The Balaban J connectivity index is 1.63. The van der Waals surface area contributed by atoms with E-state index in [1.54, 1.807) is 28.8 Å². The van der Waals surface area contributed by atoms with Crippen molar-refractivity contribution in [3.63, 3.8) is 0 Å². The number of alkyl halides is 2. The monoisotopic (exact) mass is 408 g/mol. The predicted octanol–water partition coefficient (Wildman–Crippen LogP) is 4.71. The minimum absolute atomic E-state index is 0.0860. The highest BCUT2D eigenvalue weighted by molar-refractivity contribution is 7.99. The van der Waals surface area contributed by atoms with E-state index < -0.39 is 11.7 Å². The first kappa shape index (κ1) is 19.7. The highest BCUT2D eigenvalue weighted by Gasteiger charge is 2.35. The average Bonchev–Trinajstić information content (AvgIpc) is 3.05. The van der Waals surface area contributed by atoms with Crippen molar-refractivity contribution in [1.29, 1.82) is 0 Å². The van der Waals surface area contributed by atoms with Gasteiger partial charge in [-0.3, -0.25) is 9.59 Å². The van der Waals surface area contributed by atoms with Crippen LogP contribution in [0.2, 0.25) is 0 Å². The molecular formula is C19H18F2N2O2S2. The lowest BCUT2D eigenvalue weighted by molar-refractivity contribution is -0.122. The summed E-state index contributed by atoms with van der Waals surface area (Å²) in [6.45, 7) is 0.321. The van der Waals surface area contributed by atoms with Crippen LogP contribution in [0.1, 0.15) is 6.42 Å². The van der Waals surface area contributed by atoms with Crippen molar-refractivity contribution < 1.29 is 18.4 Å². The van der Waals surface area contributed by atoms with Gasteiger partial charge in [-0.2, -0.15) is 8.78 Å². The summed E-state index contributed by atoms with van der Waals surface area (Å²) in [5, 5.41) is 2.76. The first-order valence-electron chi connectivity index (χ1n) is 8.26. The molecule has 1 aliphatic rings. The van der Waals surface area contributed by atoms with Gasteiger partial charge in [0.15, 0.2) is 0 Å². The fourth-order valence-corrected chi connectivity index (χ4v) is 3.83. The van der Waals surface area contributed by atoms with Gasteiger partial charge in [0.2, 0.25) is 11.8 Å². The van der Waals surface area contributed by atoms with Crippen LogP contribution in [0, 0.1) is 5.92 Å². The molecule has 27 heavy (non-hydrogen) atoms. The van der Waals surface area contributed by atoms with E-state index in [2.05, 4.69) is 5.32 Å². The SMILES string of the molecule is CSc1cccc(N2C[C@H](C(=O)Nc3ccc(SC(F)F)cc3)CC2=O)c1. The standard InChI is InChI=1S/C19H18F2N2O2S2/c1-26-16-4-2-3-14(10-16)23-11-12(9-17(23)24)18(25)22-13-5-7-15(8-6-13)27-19(20)21/h2-8,10,12,19H,9,11H2,1H3,(H,22,25)/t12-/m1/s1. The summed E-state index contributed by atoms with van der Waals surface area (Å²) in [6.07, 6.45) is 2.11. The van der Waals surface area contributed by atoms with Crippen LogP contribution in [0.15, 0.2) is 58.3 Å². The second-order valence-corrected chi connectivity index (χ2v) is 7.94. The van der Waals surface area contributed by atoms with Crippen molar-refractivity contribution in [2.24, 2.45) is 5.92 Å². The van der Waals surface area contributed by atoms with Crippen LogP contribution in [0.5, 0.6) is 0 Å². The number of carbonyl (C=O) groups is 2. The van der Waals surface area contributed by atoms with Crippen LogP contribution in [0.4, 0.5) is 20.2 Å². The molecule has 142 valence electrons. The van der Waals surface area contributed by atoms with Crippen LogP contribution in [-0.2, 0) is 9.59 Å². The summed E-state index contributed by atoms with van der Waals surface area (Å²) in [7, 11) is 0. The van der Waals surface area contributed by atoms with Crippen LogP contribution < -0.4 is 10.2 Å². The van der Waals surface area contributed by atoms with Gasteiger partial charge in [-0.1, -0.05) is 17.8 Å². The number of nitrogens with one attached hydrogen (secondary N) is 1. The zero-order chi connectivity index (χ0) is 19.4. The zero-order valence-corrected chi connectivity index (χ0v) is 16.2. The smallest absolute Gasteiger partial charge is 0.288 e. The van der Waals surface area contributed by atoms with Crippen LogP contribution in [0.25, 0.3) is 0 Å². The van der Waals surface area contributed by atoms with E-state index in [0.29, 0.717) is 28.9 Å². The molecule has 2 aromatic rings. The maximum atomic E-state index is 12.5. The largest absolute Gasteiger partial charge is 0.326 e. The van der Waals surface area contributed by atoms with Crippen LogP contribution >= 0.6 is 23.5 Å². The van der Waals surface area contributed by atoms with Gasteiger partial charge in [0, 0.05) is 34.1 Å². The fourth-order valence-electron chi connectivity index (χ4n) is 2.88. The van der Waals surface area contributed by atoms with E-state index in [9.17, 15) is 18.4 Å². The molecule has 0 aromatic heterocycles. The average molecular weight is 408 g/mol. The molecule has 0 unspecified atom stereocenters. The molecule has 1 saturated heterocycles. The third-order valence-electron chi connectivity index (χ3n) is 4.21. The number of rotatable bonds is 6. The van der Waals surface area contributed by atoms with Gasteiger partial charge in [0.05, 0.1) is 5.92 Å². The number of nitrogens with zero attached hydrogens (tertiary/aromatic N) is 1. The molecule has 1 aliphatic heterocycles. The molecule has 0 spiro atoms. The molecule has 4 nitrogen and oxygen atoms in total. The van der Waals surface area contributed by atoms with E-state index in [1.807, 2.05) is 30.5 Å². The first-order valence-corrected chi connectivity index (χ1v) is 10.4. The summed E-state index contributed by atoms with van der Waals surface area (Å²) < 4.78 is 24.7. The Kier molecular flexibility index (Phi) is 6.38. The molecule has 1 heterocycles. The maximum Gasteiger partial charge on any atom is 0.288 e. The Labute approximate surface area is 164 Å². The molecule has 0 aliphatic carbocycles. The predicted molar refractivity (Wildman–Crippen MR) is 106 cm³/mol. The molecule has 2 amide bonds. The molecule has 3 rings (SSSR count). The molecule has 1 fully saturated rings. The van der Waals surface area contributed by atoms with Crippen molar-refractivity contribution in [1.82, 2.24) is 0 Å². The van der Waals surface area contributed by atoms with Gasteiger partial charge < -0.3 is 10.2 Å². The van der Waals surface area contributed by atoms with E-state index in [1.165, 1.54) is 12.1 Å². The summed E-state index contributed by atoms with van der Waals surface area (Å²) in [5.41, 5.74) is 1.31. The molecule has 0 saturated carbocycles. The quantitative estimate of drug-likeness (QED) is 0.703. The number of anilines is 2. The Morgan fingerprint density at radius 1 is 1.19 bits per heavy atom. The number of carbonyl (C=O) groups excluding carboxylic acids is 2. The molecule has 2 aromatic carbocycles. The summed E-state index contributed by atoms with van der Waals surface area (Å²) in [5.74, 6) is -3.27. The van der Waals surface area contributed by atoms with Crippen molar-refractivity contribution in [3.05, 3.63) is 48.5 Å². The second-order valence-electron chi connectivity index (χ2n) is 6.00.